The van der Waals surface area contributed by atoms with Gasteiger partial charge < -0.3 is 20.9 Å². The predicted octanol–water partition coefficient (Wildman–Crippen LogP) is 0.670. The zero-order chi connectivity index (χ0) is 9.42. The highest BCUT2D eigenvalue weighted by Gasteiger charge is 2.24. The number of hydrogen-bond donors (Lipinski definition) is 2. The molecule has 0 fully saturated rings. The lowest BCUT2D eigenvalue weighted by atomic mass is 10.1. The number of fused-ring (bicyclic) bond motifs is 1. The molecule has 0 aliphatic carbocycles. The SMILES string of the molecule is COc1ccc2c(c1N)OC[C@H]2N. The minimum absolute atomic E-state index is 0.0665. The van der Waals surface area contributed by atoms with E-state index in [1.165, 1.54) is 0 Å². The second kappa shape index (κ2) is 2.81. The fourth-order valence-corrected chi connectivity index (χ4v) is 1.49. The topological polar surface area (TPSA) is 70.5 Å². The number of nitrogens with two attached hydrogens (primary N) is 2. The number of anilines is 1. The van der Waals surface area contributed by atoms with Gasteiger partial charge in [0.05, 0.1) is 13.2 Å². The molecule has 0 radical (unpaired) electrons. The lowest BCUT2D eigenvalue weighted by molar-refractivity contribution is 0.333. The minimum Gasteiger partial charge on any atom is -0.494 e. The molecule has 4 nitrogen and oxygen atoms in total. The molecule has 0 amide bonds. The van der Waals surface area contributed by atoms with E-state index in [1.807, 2.05) is 12.1 Å². The van der Waals surface area contributed by atoms with E-state index >= 15 is 0 Å². The molecule has 0 bridgehead atoms. The van der Waals surface area contributed by atoms with Gasteiger partial charge in [-0.3, -0.25) is 0 Å². The summed E-state index contributed by atoms with van der Waals surface area (Å²) < 4.78 is 10.4. The molecule has 1 atom stereocenters. The first-order chi connectivity index (χ1) is 6.24. The van der Waals surface area contributed by atoms with Crippen molar-refractivity contribution < 1.29 is 9.47 Å². The molecule has 4 heteroatoms. The van der Waals surface area contributed by atoms with Gasteiger partial charge in [-0.2, -0.15) is 0 Å². The molecule has 2 rings (SSSR count). The molecule has 1 heterocycles. The summed E-state index contributed by atoms with van der Waals surface area (Å²) in [5.74, 6) is 1.31. The molecule has 0 unspecified atom stereocenters. The van der Waals surface area contributed by atoms with Crippen LogP contribution in [0.3, 0.4) is 0 Å². The Kier molecular flexibility index (Phi) is 1.77. The third-order valence-electron chi connectivity index (χ3n) is 2.21. The molecule has 13 heavy (non-hydrogen) atoms. The minimum atomic E-state index is -0.0665. The largest absolute Gasteiger partial charge is 0.494 e. The number of methoxy groups -OCH3 is 1. The number of nitrogen functional groups attached to an aromatic ring is 1. The molecule has 0 saturated carbocycles. The Hall–Kier alpha value is -1.42. The average molecular weight is 180 g/mol. The summed E-state index contributed by atoms with van der Waals surface area (Å²) in [5, 5.41) is 0. The zero-order valence-corrected chi connectivity index (χ0v) is 7.41. The summed E-state index contributed by atoms with van der Waals surface area (Å²) in [6.07, 6.45) is 0. The first-order valence-corrected chi connectivity index (χ1v) is 4.08. The molecule has 4 N–H and O–H groups in total. The van der Waals surface area contributed by atoms with Crippen LogP contribution in [-0.2, 0) is 0 Å². The van der Waals surface area contributed by atoms with Crippen LogP contribution in [0.15, 0.2) is 12.1 Å². The van der Waals surface area contributed by atoms with Gasteiger partial charge in [0.2, 0.25) is 0 Å². The summed E-state index contributed by atoms with van der Waals surface area (Å²) in [4.78, 5) is 0. The van der Waals surface area contributed by atoms with Crippen LogP contribution >= 0.6 is 0 Å². The molecule has 70 valence electrons. The van der Waals surface area contributed by atoms with Gasteiger partial charge in [0, 0.05) is 5.56 Å². The van der Waals surface area contributed by atoms with Gasteiger partial charge in [-0.15, -0.1) is 0 Å². The van der Waals surface area contributed by atoms with Crippen LogP contribution in [0.5, 0.6) is 11.5 Å². The molecule has 1 aromatic rings. The van der Waals surface area contributed by atoms with Crippen molar-refractivity contribution in [3.63, 3.8) is 0 Å². The second-order valence-corrected chi connectivity index (χ2v) is 3.02. The third kappa shape index (κ3) is 1.10. The van der Waals surface area contributed by atoms with Crippen LogP contribution < -0.4 is 20.9 Å². The van der Waals surface area contributed by atoms with Gasteiger partial charge in [-0.1, -0.05) is 0 Å². The Morgan fingerprint density at radius 3 is 3.00 bits per heavy atom. The summed E-state index contributed by atoms with van der Waals surface area (Å²) in [6.45, 7) is 0.493. The maximum absolute atomic E-state index is 5.80. The van der Waals surface area contributed by atoms with Crippen LogP contribution in [0.4, 0.5) is 5.69 Å². The number of ether oxygens (including phenoxy) is 2. The second-order valence-electron chi connectivity index (χ2n) is 3.02. The summed E-state index contributed by atoms with van der Waals surface area (Å²) in [6, 6.07) is 3.63. The van der Waals surface area contributed by atoms with Crippen molar-refractivity contribution in [2.75, 3.05) is 19.5 Å². The lowest BCUT2D eigenvalue weighted by Crippen LogP contribution is -2.10. The van der Waals surface area contributed by atoms with Crippen molar-refractivity contribution in [1.82, 2.24) is 0 Å². The van der Waals surface area contributed by atoms with Crippen molar-refractivity contribution in [3.05, 3.63) is 17.7 Å². The third-order valence-corrected chi connectivity index (χ3v) is 2.21. The van der Waals surface area contributed by atoms with E-state index in [4.69, 9.17) is 20.9 Å². The molecular formula is C9H12N2O2. The van der Waals surface area contributed by atoms with Gasteiger partial charge in [0.25, 0.3) is 0 Å². The van der Waals surface area contributed by atoms with E-state index in [2.05, 4.69) is 0 Å². The number of hydrogen-bond acceptors (Lipinski definition) is 4. The summed E-state index contributed by atoms with van der Waals surface area (Å²) in [5.41, 5.74) is 13.1. The molecule has 1 aliphatic heterocycles. The molecule has 1 aliphatic rings. The van der Waals surface area contributed by atoms with Crippen LogP contribution in [-0.4, -0.2) is 13.7 Å². The van der Waals surface area contributed by atoms with Crippen molar-refractivity contribution in [2.45, 2.75) is 6.04 Å². The standard InChI is InChI=1S/C9H12N2O2/c1-12-7-3-2-5-6(10)4-13-9(5)8(7)11/h2-3,6H,4,10-11H2,1H3/t6-/m1/s1. The Morgan fingerprint density at radius 2 is 2.31 bits per heavy atom. The highest BCUT2D eigenvalue weighted by atomic mass is 16.5. The monoisotopic (exact) mass is 180 g/mol. The molecule has 0 spiro atoms. The van der Waals surface area contributed by atoms with Gasteiger partial charge in [-0.25, -0.2) is 0 Å². The maximum Gasteiger partial charge on any atom is 0.151 e. The number of benzene rings is 1. The van der Waals surface area contributed by atoms with Gasteiger partial charge >= 0.3 is 0 Å². The van der Waals surface area contributed by atoms with Crippen LogP contribution in [0, 0.1) is 0 Å². The van der Waals surface area contributed by atoms with Crippen molar-refractivity contribution in [2.24, 2.45) is 5.73 Å². The quantitative estimate of drug-likeness (QED) is 0.623. The van der Waals surface area contributed by atoms with E-state index in [0.29, 0.717) is 23.8 Å². The van der Waals surface area contributed by atoms with Crippen molar-refractivity contribution in [1.29, 1.82) is 0 Å². The van der Waals surface area contributed by atoms with E-state index in [0.717, 1.165) is 5.56 Å². The van der Waals surface area contributed by atoms with Crippen LogP contribution in [0.25, 0.3) is 0 Å². The predicted molar refractivity (Wildman–Crippen MR) is 49.8 cm³/mol. The van der Waals surface area contributed by atoms with Crippen LogP contribution in [0.2, 0.25) is 0 Å². The average Bonchev–Trinajstić information content (AvgIpc) is 2.50. The lowest BCUT2D eigenvalue weighted by Gasteiger charge is -2.08. The summed E-state index contributed by atoms with van der Waals surface area (Å²) in [7, 11) is 1.58. The Bertz CT molecular complexity index is 339. The van der Waals surface area contributed by atoms with E-state index in [1.54, 1.807) is 7.11 Å². The van der Waals surface area contributed by atoms with Gasteiger partial charge in [0.15, 0.2) is 5.75 Å². The Labute approximate surface area is 76.4 Å². The van der Waals surface area contributed by atoms with Crippen molar-refractivity contribution in [3.8, 4) is 11.5 Å². The molecular weight excluding hydrogens is 168 g/mol. The van der Waals surface area contributed by atoms with Gasteiger partial charge in [0.1, 0.15) is 18.0 Å². The van der Waals surface area contributed by atoms with E-state index in [-0.39, 0.29) is 6.04 Å². The highest BCUT2D eigenvalue weighted by molar-refractivity contribution is 5.67. The molecule has 0 aromatic heterocycles. The molecule has 1 aromatic carbocycles. The van der Waals surface area contributed by atoms with E-state index in [9.17, 15) is 0 Å². The fourth-order valence-electron chi connectivity index (χ4n) is 1.49. The Morgan fingerprint density at radius 1 is 1.54 bits per heavy atom. The van der Waals surface area contributed by atoms with Crippen molar-refractivity contribution >= 4 is 5.69 Å². The fraction of sp³-hybridized carbons (Fsp3) is 0.333. The first kappa shape index (κ1) is 8.19. The summed E-state index contributed by atoms with van der Waals surface area (Å²) >= 11 is 0. The normalized spacial score (nSPS) is 19.4. The van der Waals surface area contributed by atoms with Crippen LogP contribution in [0.1, 0.15) is 11.6 Å². The van der Waals surface area contributed by atoms with Gasteiger partial charge in [-0.05, 0) is 12.1 Å². The number of rotatable bonds is 1. The zero-order valence-electron chi connectivity index (χ0n) is 7.41. The Balaban J connectivity index is 2.54. The first-order valence-electron chi connectivity index (χ1n) is 4.08. The van der Waals surface area contributed by atoms with E-state index < -0.39 is 0 Å². The maximum atomic E-state index is 5.80. The highest BCUT2D eigenvalue weighted by Crippen LogP contribution is 2.41. The molecule has 0 saturated heterocycles. The smallest absolute Gasteiger partial charge is 0.151 e.